The van der Waals surface area contributed by atoms with Crippen molar-refractivity contribution in [2.24, 2.45) is 23.7 Å². The Hall–Kier alpha value is -6.06. The molecule has 5 aromatic rings. The summed E-state index contributed by atoms with van der Waals surface area (Å²) >= 11 is 6.41. The lowest BCUT2D eigenvalue weighted by Crippen LogP contribution is -2.53. The van der Waals surface area contributed by atoms with E-state index < -0.39 is 52.6 Å². The standard InChI is InChI=1S/C44H33ClFN3O5/c1-2-24-7-17-29(18-8-24)48-40(51)34-20-19-33-35(38(34)42(48)53)23-36-41(52)49(47-28-15-13-27(46)14-16-28)43(54)44(36,25-9-11-26(45)12-10-25)39(33)32-21-22-37(50)31-6-4-3-5-30(31)32/h2-19,21-22,34-36,38-39,47,50H,1,20,23H2. The van der Waals surface area contributed by atoms with Gasteiger partial charge in [-0.2, -0.15) is 5.01 Å². The summed E-state index contributed by atoms with van der Waals surface area (Å²) in [6.07, 6.45) is 4.05. The first-order chi connectivity index (χ1) is 26.1. The number of benzene rings is 5. The Morgan fingerprint density at radius 2 is 1.52 bits per heavy atom. The van der Waals surface area contributed by atoms with Crippen LogP contribution in [0.2, 0.25) is 5.02 Å². The molecule has 0 spiro atoms. The molecule has 2 aliphatic heterocycles. The number of phenols is 1. The molecule has 6 atom stereocenters. The second-order valence-corrected chi connectivity index (χ2v) is 14.8. The van der Waals surface area contributed by atoms with Crippen LogP contribution in [0.4, 0.5) is 15.8 Å². The number of allylic oxidation sites excluding steroid dienone is 2. The number of phenolic OH excluding ortho intramolecular Hbond substituents is 1. The zero-order valence-electron chi connectivity index (χ0n) is 28.8. The third-order valence-electron chi connectivity index (χ3n) is 11.9. The fourth-order valence-corrected chi connectivity index (χ4v) is 9.70. The van der Waals surface area contributed by atoms with Gasteiger partial charge in [-0.1, -0.05) is 90.5 Å². The van der Waals surface area contributed by atoms with E-state index in [1.807, 2.05) is 24.3 Å². The molecule has 0 aromatic heterocycles. The molecule has 5 aromatic carbocycles. The van der Waals surface area contributed by atoms with Crippen LogP contribution in [0.15, 0.2) is 127 Å². The van der Waals surface area contributed by atoms with Crippen molar-refractivity contribution in [3.05, 3.63) is 155 Å². The third-order valence-corrected chi connectivity index (χ3v) is 12.1. The van der Waals surface area contributed by atoms with Gasteiger partial charge in [-0.05, 0) is 95.4 Å². The molecule has 10 heteroatoms. The molecule has 4 amide bonds. The Morgan fingerprint density at radius 3 is 2.22 bits per heavy atom. The number of nitrogens with zero attached hydrogens (tertiary/aromatic N) is 2. The number of carbonyl (C=O) groups is 4. The van der Waals surface area contributed by atoms with Gasteiger partial charge >= 0.3 is 0 Å². The summed E-state index contributed by atoms with van der Waals surface area (Å²) in [5, 5.41) is 13.7. The normalized spacial score (nSPS) is 26.0. The van der Waals surface area contributed by atoms with Crippen molar-refractivity contribution >= 4 is 63.5 Å². The number of hydrogen-bond acceptors (Lipinski definition) is 6. The third kappa shape index (κ3) is 4.81. The molecule has 9 rings (SSSR count). The molecular weight excluding hydrogens is 705 g/mol. The van der Waals surface area contributed by atoms with Crippen molar-refractivity contribution in [3.8, 4) is 5.75 Å². The fraction of sp³-hybridized carbons (Fsp3) is 0.182. The first-order valence-corrected chi connectivity index (χ1v) is 18.2. The van der Waals surface area contributed by atoms with E-state index in [4.69, 9.17) is 11.6 Å². The van der Waals surface area contributed by atoms with E-state index in [1.54, 1.807) is 72.8 Å². The van der Waals surface area contributed by atoms with Gasteiger partial charge in [0, 0.05) is 16.3 Å². The van der Waals surface area contributed by atoms with Crippen LogP contribution in [0.5, 0.6) is 5.75 Å². The molecule has 2 aliphatic carbocycles. The summed E-state index contributed by atoms with van der Waals surface area (Å²) in [4.78, 5) is 60.4. The number of imide groups is 2. The van der Waals surface area contributed by atoms with Crippen molar-refractivity contribution in [1.29, 1.82) is 0 Å². The molecule has 2 N–H and O–H groups in total. The quantitative estimate of drug-likeness (QED) is 0.135. The number of anilines is 2. The topological polar surface area (TPSA) is 107 Å². The van der Waals surface area contributed by atoms with Crippen LogP contribution in [0.1, 0.15) is 35.4 Å². The van der Waals surface area contributed by atoms with Crippen molar-refractivity contribution in [2.45, 2.75) is 24.2 Å². The predicted molar refractivity (Wildman–Crippen MR) is 204 cm³/mol. The highest BCUT2D eigenvalue weighted by Crippen LogP contribution is 2.65. The Morgan fingerprint density at radius 1 is 0.815 bits per heavy atom. The van der Waals surface area contributed by atoms with Crippen LogP contribution in [0, 0.1) is 29.5 Å². The second-order valence-electron chi connectivity index (χ2n) is 14.4. The number of aromatic hydroxyl groups is 1. The van der Waals surface area contributed by atoms with Gasteiger partial charge in [-0.25, -0.2) is 4.39 Å². The van der Waals surface area contributed by atoms with Crippen molar-refractivity contribution in [2.75, 3.05) is 10.3 Å². The highest BCUT2D eigenvalue weighted by atomic mass is 35.5. The zero-order chi connectivity index (χ0) is 37.5. The fourth-order valence-electron chi connectivity index (χ4n) is 9.57. The lowest BCUT2D eigenvalue weighted by molar-refractivity contribution is -0.138. The number of hydrogen-bond donors (Lipinski definition) is 2. The average Bonchev–Trinajstić information content (AvgIpc) is 3.57. The van der Waals surface area contributed by atoms with Crippen molar-refractivity contribution < 1.29 is 28.7 Å². The minimum absolute atomic E-state index is 0.0552. The van der Waals surface area contributed by atoms with Gasteiger partial charge in [0.05, 0.1) is 34.5 Å². The van der Waals surface area contributed by atoms with Crippen molar-refractivity contribution in [1.82, 2.24) is 5.01 Å². The molecule has 54 heavy (non-hydrogen) atoms. The number of nitrogens with one attached hydrogen (secondary N) is 1. The van der Waals surface area contributed by atoms with E-state index in [9.17, 15) is 23.9 Å². The highest BCUT2D eigenvalue weighted by Gasteiger charge is 2.70. The molecule has 1 saturated carbocycles. The predicted octanol–water partition coefficient (Wildman–Crippen LogP) is 8.17. The Labute approximate surface area is 315 Å². The minimum Gasteiger partial charge on any atom is -0.507 e. The van der Waals surface area contributed by atoms with Gasteiger partial charge in [-0.15, -0.1) is 0 Å². The molecule has 2 saturated heterocycles. The molecule has 8 nitrogen and oxygen atoms in total. The maximum atomic E-state index is 15.4. The van der Waals surface area contributed by atoms with Crippen LogP contribution in [-0.4, -0.2) is 33.7 Å². The molecule has 4 aliphatic rings. The van der Waals surface area contributed by atoms with Gasteiger partial charge in [0.25, 0.3) is 11.8 Å². The van der Waals surface area contributed by atoms with Crippen LogP contribution < -0.4 is 10.3 Å². The van der Waals surface area contributed by atoms with Gasteiger partial charge in [0.2, 0.25) is 11.8 Å². The van der Waals surface area contributed by atoms with Crippen LogP contribution in [0.25, 0.3) is 16.8 Å². The van der Waals surface area contributed by atoms with Crippen LogP contribution in [0.3, 0.4) is 0 Å². The second kappa shape index (κ2) is 12.5. The Kier molecular flexibility index (Phi) is 7.83. The van der Waals surface area contributed by atoms with Crippen LogP contribution >= 0.6 is 11.6 Å². The molecule has 268 valence electrons. The smallest absolute Gasteiger partial charge is 0.260 e. The lowest BCUT2D eigenvalue weighted by Gasteiger charge is -2.51. The molecule has 3 fully saturated rings. The van der Waals surface area contributed by atoms with Crippen LogP contribution in [-0.2, 0) is 24.6 Å². The Bertz CT molecular complexity index is 2450. The Balaban J connectivity index is 1.27. The van der Waals surface area contributed by atoms with E-state index in [2.05, 4.69) is 12.0 Å². The van der Waals surface area contributed by atoms with Gasteiger partial charge in [-0.3, -0.25) is 29.5 Å². The maximum Gasteiger partial charge on any atom is 0.260 e. The summed E-state index contributed by atoms with van der Waals surface area (Å²) < 4.78 is 13.9. The van der Waals surface area contributed by atoms with Gasteiger partial charge < -0.3 is 5.11 Å². The number of fused-ring (bicyclic) bond motifs is 5. The van der Waals surface area contributed by atoms with E-state index in [0.29, 0.717) is 38.3 Å². The first-order valence-electron chi connectivity index (χ1n) is 17.8. The summed E-state index contributed by atoms with van der Waals surface area (Å²) in [6.45, 7) is 3.80. The summed E-state index contributed by atoms with van der Waals surface area (Å²) in [6, 6.07) is 30.1. The monoisotopic (exact) mass is 737 g/mol. The highest BCUT2D eigenvalue weighted by molar-refractivity contribution is 6.30. The first kappa shape index (κ1) is 33.8. The molecule has 6 unspecified atom stereocenters. The summed E-state index contributed by atoms with van der Waals surface area (Å²) in [7, 11) is 0. The number of amides is 4. The SMILES string of the molecule is C=Cc1ccc(N2C(=O)C3CC=C4C(CC5C(=O)N(Nc6ccc(F)cc6)C(=O)C5(c5ccc(Cl)cc5)C4c4ccc(O)c5ccccc45)C3C2=O)cc1. The summed E-state index contributed by atoms with van der Waals surface area (Å²) in [5.74, 6) is -5.94. The van der Waals surface area contributed by atoms with Crippen molar-refractivity contribution in [3.63, 3.8) is 0 Å². The molecular formula is C44H33ClFN3O5. The van der Waals surface area contributed by atoms with E-state index in [1.165, 1.54) is 29.2 Å². The van der Waals surface area contributed by atoms with Gasteiger partial charge in [0.15, 0.2) is 0 Å². The number of rotatable bonds is 6. The largest absolute Gasteiger partial charge is 0.507 e. The minimum atomic E-state index is -1.55. The molecule has 0 bridgehead atoms. The number of hydrazine groups is 1. The van der Waals surface area contributed by atoms with Gasteiger partial charge in [0.1, 0.15) is 11.6 Å². The van der Waals surface area contributed by atoms with E-state index in [-0.39, 0.29) is 30.4 Å². The number of carbonyl (C=O) groups excluding carboxylic acids is 4. The number of halogens is 2. The average molecular weight is 738 g/mol. The van der Waals surface area contributed by atoms with E-state index in [0.717, 1.165) is 16.1 Å². The zero-order valence-corrected chi connectivity index (χ0v) is 29.5. The lowest BCUT2D eigenvalue weighted by atomic mass is 9.49. The molecule has 0 radical (unpaired) electrons. The molecule has 2 heterocycles. The van der Waals surface area contributed by atoms with E-state index >= 15 is 4.79 Å². The maximum absolute atomic E-state index is 15.4. The summed E-state index contributed by atoms with van der Waals surface area (Å²) in [5.41, 5.74) is 5.10.